The van der Waals surface area contributed by atoms with Crippen molar-refractivity contribution in [1.29, 1.82) is 0 Å². The predicted octanol–water partition coefficient (Wildman–Crippen LogP) is 1.94. The second-order valence-electron chi connectivity index (χ2n) is 8.43. The minimum absolute atomic E-state index is 0.399. The van der Waals surface area contributed by atoms with Gasteiger partial charge in [-0.15, -0.1) is 0 Å². The average Bonchev–Trinajstić information content (AvgIpc) is 2.23. The summed E-state index contributed by atoms with van der Waals surface area (Å²) in [6, 6.07) is 0. The molecule has 7 fully saturated rings. The minimum Gasteiger partial charge on any atom is -0.390 e. The lowest BCUT2D eigenvalue weighted by Gasteiger charge is -2.76. The van der Waals surface area contributed by atoms with E-state index >= 15 is 0 Å². The Balaban J connectivity index is 1.72. The first-order valence-corrected chi connectivity index (χ1v) is 7.37. The van der Waals surface area contributed by atoms with Gasteiger partial charge in [0.15, 0.2) is 0 Å². The molecule has 2 N–H and O–H groups in total. The van der Waals surface area contributed by atoms with Crippen LogP contribution in [0.2, 0.25) is 0 Å². The van der Waals surface area contributed by atoms with Gasteiger partial charge in [0.25, 0.3) is 0 Å². The van der Waals surface area contributed by atoms with Gasteiger partial charge in [-0.25, -0.2) is 0 Å². The molecule has 0 aromatic carbocycles. The summed E-state index contributed by atoms with van der Waals surface area (Å²) in [4.78, 5) is 0. The van der Waals surface area contributed by atoms with Gasteiger partial charge in [-0.05, 0) is 73.5 Å². The highest BCUT2D eigenvalue weighted by atomic mass is 16.3. The maximum atomic E-state index is 11.2. The molecule has 7 rings (SSSR count). The summed E-state index contributed by atoms with van der Waals surface area (Å²) in [6.07, 6.45) is 6.49. The van der Waals surface area contributed by atoms with E-state index in [0.29, 0.717) is 17.3 Å². The number of aliphatic hydroxyl groups is 2. The molecule has 0 aliphatic heterocycles. The zero-order chi connectivity index (χ0) is 11.6. The topological polar surface area (TPSA) is 40.5 Å². The average molecular weight is 234 g/mol. The molecule has 4 atom stereocenters. The van der Waals surface area contributed by atoms with E-state index < -0.39 is 11.2 Å². The van der Waals surface area contributed by atoms with Crippen LogP contribution in [0.4, 0.5) is 0 Å². The van der Waals surface area contributed by atoms with Crippen LogP contribution in [0, 0.1) is 35.0 Å². The maximum absolute atomic E-state index is 11.2. The van der Waals surface area contributed by atoms with Crippen LogP contribution in [-0.2, 0) is 0 Å². The smallest absolute Gasteiger partial charge is 0.0716 e. The molecule has 7 aliphatic carbocycles. The second kappa shape index (κ2) is 2.34. The van der Waals surface area contributed by atoms with Gasteiger partial charge < -0.3 is 10.2 Å². The molecule has 0 aromatic heterocycles. The van der Waals surface area contributed by atoms with Gasteiger partial charge in [0, 0.05) is 0 Å². The van der Waals surface area contributed by atoms with Gasteiger partial charge in [0.1, 0.15) is 0 Å². The highest BCUT2D eigenvalue weighted by molar-refractivity contribution is 5.24. The molecular formula is C15H22O2. The number of rotatable bonds is 0. The van der Waals surface area contributed by atoms with E-state index in [4.69, 9.17) is 0 Å². The van der Waals surface area contributed by atoms with Crippen LogP contribution in [-0.4, -0.2) is 21.4 Å². The fourth-order valence-electron chi connectivity index (χ4n) is 7.30. The highest BCUT2D eigenvalue weighted by Gasteiger charge is 2.74. The molecule has 0 saturated heterocycles. The van der Waals surface area contributed by atoms with Crippen molar-refractivity contribution in [3.63, 3.8) is 0 Å². The Labute approximate surface area is 102 Å². The summed E-state index contributed by atoms with van der Waals surface area (Å²) in [5, 5.41) is 21.8. The van der Waals surface area contributed by atoms with Crippen molar-refractivity contribution >= 4 is 0 Å². The van der Waals surface area contributed by atoms with Gasteiger partial charge in [-0.3, -0.25) is 0 Å². The summed E-state index contributed by atoms with van der Waals surface area (Å²) < 4.78 is 0. The maximum Gasteiger partial charge on any atom is 0.0716 e. The van der Waals surface area contributed by atoms with Crippen molar-refractivity contribution in [3.05, 3.63) is 0 Å². The van der Waals surface area contributed by atoms with Crippen molar-refractivity contribution in [3.8, 4) is 0 Å². The van der Waals surface area contributed by atoms with Crippen molar-refractivity contribution in [2.45, 2.75) is 56.7 Å². The Bertz CT molecular complexity index is 391. The monoisotopic (exact) mass is 234 g/mol. The number of hydrogen-bond donors (Lipinski definition) is 2. The third-order valence-electron chi connectivity index (χ3n) is 7.40. The quantitative estimate of drug-likeness (QED) is 0.672. The molecule has 0 heterocycles. The first-order valence-electron chi connectivity index (χ1n) is 7.37. The summed E-state index contributed by atoms with van der Waals surface area (Å²) in [5.41, 5.74) is -0.381. The van der Waals surface area contributed by atoms with Crippen LogP contribution in [0.5, 0.6) is 0 Å². The summed E-state index contributed by atoms with van der Waals surface area (Å²) in [7, 11) is 0. The standard InChI is InChI=1S/C15H22O2/c1-13-2-9-8-4-14(16)5-11(9)15(17,7-13)12(6-14)10(8)3-13/h8-12,16-17H,2-7H2,1H3. The van der Waals surface area contributed by atoms with E-state index in [2.05, 4.69) is 6.92 Å². The van der Waals surface area contributed by atoms with Crippen molar-refractivity contribution in [1.82, 2.24) is 0 Å². The molecule has 2 nitrogen and oxygen atoms in total. The third-order valence-corrected chi connectivity index (χ3v) is 7.40. The Morgan fingerprint density at radius 2 is 1.41 bits per heavy atom. The number of hydrogen-bond acceptors (Lipinski definition) is 2. The zero-order valence-electron chi connectivity index (χ0n) is 10.5. The summed E-state index contributed by atoms with van der Waals surface area (Å²) >= 11 is 0. The summed E-state index contributed by atoms with van der Waals surface area (Å²) in [5.74, 6) is 3.05. The van der Waals surface area contributed by atoms with Crippen LogP contribution in [0.15, 0.2) is 0 Å². The zero-order valence-corrected chi connectivity index (χ0v) is 10.5. The Morgan fingerprint density at radius 1 is 0.824 bits per heavy atom. The molecule has 0 aromatic rings. The second-order valence-corrected chi connectivity index (χ2v) is 8.43. The molecule has 7 saturated carbocycles. The van der Waals surface area contributed by atoms with Gasteiger partial charge in [0.2, 0.25) is 0 Å². The van der Waals surface area contributed by atoms with E-state index in [1.165, 1.54) is 12.8 Å². The molecule has 2 heteroatoms. The first-order chi connectivity index (χ1) is 7.93. The van der Waals surface area contributed by atoms with E-state index in [-0.39, 0.29) is 0 Å². The minimum atomic E-state index is -0.399. The lowest BCUT2D eigenvalue weighted by atomic mass is 9.31. The third kappa shape index (κ3) is 0.889. The Hall–Kier alpha value is -0.0800. The van der Waals surface area contributed by atoms with Crippen LogP contribution in [0.1, 0.15) is 45.4 Å². The van der Waals surface area contributed by atoms with E-state index in [1.54, 1.807) is 0 Å². The lowest BCUT2D eigenvalue weighted by molar-refractivity contribution is -0.334. The van der Waals surface area contributed by atoms with Crippen LogP contribution >= 0.6 is 0 Å². The molecule has 7 aliphatic rings. The van der Waals surface area contributed by atoms with Crippen molar-refractivity contribution in [2.24, 2.45) is 35.0 Å². The van der Waals surface area contributed by atoms with Crippen molar-refractivity contribution in [2.75, 3.05) is 0 Å². The molecule has 8 bridgehead atoms. The first kappa shape index (κ1) is 9.80. The van der Waals surface area contributed by atoms with Gasteiger partial charge in [-0.1, -0.05) is 6.92 Å². The molecule has 94 valence electrons. The van der Waals surface area contributed by atoms with E-state index in [1.807, 2.05) is 0 Å². The summed E-state index contributed by atoms with van der Waals surface area (Å²) in [6.45, 7) is 2.40. The largest absolute Gasteiger partial charge is 0.390 e. The SMILES string of the molecule is CC12CC3C4CC5(O)CC3C(O)(C1)C(C5)C4C2. The fraction of sp³-hybridized carbons (Fsp3) is 1.00. The van der Waals surface area contributed by atoms with Crippen molar-refractivity contribution < 1.29 is 10.2 Å². The van der Waals surface area contributed by atoms with Gasteiger partial charge >= 0.3 is 0 Å². The molecule has 4 unspecified atom stereocenters. The molecule has 0 radical (unpaired) electrons. The van der Waals surface area contributed by atoms with Crippen LogP contribution in [0.25, 0.3) is 0 Å². The lowest BCUT2D eigenvalue weighted by Crippen LogP contribution is -2.76. The Morgan fingerprint density at radius 3 is 2.00 bits per heavy atom. The molecular weight excluding hydrogens is 212 g/mol. The Kier molecular flexibility index (Phi) is 1.35. The van der Waals surface area contributed by atoms with Gasteiger partial charge in [-0.2, -0.15) is 0 Å². The predicted molar refractivity (Wildman–Crippen MR) is 63.2 cm³/mol. The van der Waals surface area contributed by atoms with E-state index in [9.17, 15) is 10.2 Å². The van der Waals surface area contributed by atoms with Gasteiger partial charge in [0.05, 0.1) is 11.2 Å². The molecule has 0 spiro atoms. The van der Waals surface area contributed by atoms with Crippen LogP contribution in [0.3, 0.4) is 0 Å². The highest BCUT2D eigenvalue weighted by Crippen LogP contribution is 2.75. The molecule has 0 amide bonds. The van der Waals surface area contributed by atoms with Crippen LogP contribution < -0.4 is 0 Å². The normalized spacial score (nSPS) is 74.6. The fourth-order valence-corrected chi connectivity index (χ4v) is 7.30. The molecule has 17 heavy (non-hydrogen) atoms. The van der Waals surface area contributed by atoms with E-state index in [0.717, 1.165) is 43.4 Å².